The van der Waals surface area contributed by atoms with Crippen LogP contribution in [0.4, 0.5) is 0 Å². The predicted octanol–water partition coefficient (Wildman–Crippen LogP) is 1.51. The molecule has 1 spiro atoms. The first kappa shape index (κ1) is 9.61. The zero-order valence-corrected chi connectivity index (χ0v) is 9.96. The fourth-order valence-corrected chi connectivity index (χ4v) is 6.17. The molecule has 5 saturated carbocycles. The SMILES string of the molecule is N#CC1(C#N)[C@H]2CC=C3C4[C@@H]5C([C@H]45)[C@@]32C1(C#N)C#N. The van der Waals surface area contributed by atoms with Crippen molar-refractivity contribution in [3.8, 4) is 24.3 Å². The summed E-state index contributed by atoms with van der Waals surface area (Å²) in [4.78, 5) is 0. The summed E-state index contributed by atoms with van der Waals surface area (Å²) in [7, 11) is 0. The van der Waals surface area contributed by atoms with Crippen LogP contribution >= 0.6 is 0 Å². The predicted molar refractivity (Wildman–Crippen MR) is 59.9 cm³/mol. The first-order valence-electron chi connectivity index (χ1n) is 6.57. The minimum Gasteiger partial charge on any atom is -0.196 e. The molecule has 6 aliphatic rings. The highest BCUT2D eigenvalue weighted by molar-refractivity contribution is 5.65. The van der Waals surface area contributed by atoms with Gasteiger partial charge in [0.2, 0.25) is 0 Å². The molecule has 0 aromatic rings. The molecule has 5 fully saturated rings. The van der Waals surface area contributed by atoms with E-state index in [-0.39, 0.29) is 5.92 Å². The summed E-state index contributed by atoms with van der Waals surface area (Å²) in [5, 5.41) is 38.3. The van der Waals surface area contributed by atoms with E-state index in [1.807, 2.05) is 12.1 Å². The molecule has 4 nitrogen and oxygen atoms in total. The fourth-order valence-electron chi connectivity index (χ4n) is 6.17. The fraction of sp³-hybridized carbons (Fsp3) is 0.600. The van der Waals surface area contributed by atoms with Gasteiger partial charge in [-0.1, -0.05) is 11.6 Å². The topological polar surface area (TPSA) is 95.2 Å². The van der Waals surface area contributed by atoms with E-state index in [1.165, 1.54) is 5.57 Å². The van der Waals surface area contributed by atoms with Crippen LogP contribution in [0, 0.1) is 91.2 Å². The van der Waals surface area contributed by atoms with Crippen LogP contribution in [-0.2, 0) is 0 Å². The molecule has 0 aromatic carbocycles. The summed E-state index contributed by atoms with van der Waals surface area (Å²) >= 11 is 0. The first-order valence-corrected chi connectivity index (χ1v) is 6.57. The quantitative estimate of drug-likeness (QED) is 0.603. The van der Waals surface area contributed by atoms with Crippen LogP contribution in [0.5, 0.6) is 0 Å². The lowest BCUT2D eigenvalue weighted by Gasteiger charge is -2.62. The van der Waals surface area contributed by atoms with Crippen LogP contribution < -0.4 is 0 Å². The Bertz CT molecular complexity index is 726. The van der Waals surface area contributed by atoms with Crippen molar-refractivity contribution in [3.63, 3.8) is 0 Å². The molecular formula is C15H8N4. The molecule has 88 valence electrons. The zero-order chi connectivity index (χ0) is 13.2. The summed E-state index contributed by atoms with van der Waals surface area (Å²) < 4.78 is 0. The second-order valence-corrected chi connectivity index (χ2v) is 6.53. The van der Waals surface area contributed by atoms with Gasteiger partial charge in [-0.15, -0.1) is 0 Å². The van der Waals surface area contributed by atoms with E-state index < -0.39 is 16.2 Å². The lowest BCUT2D eigenvalue weighted by Crippen LogP contribution is -2.69. The lowest BCUT2D eigenvalue weighted by atomic mass is 9.32. The van der Waals surface area contributed by atoms with Crippen molar-refractivity contribution in [2.45, 2.75) is 6.42 Å². The van der Waals surface area contributed by atoms with Gasteiger partial charge in [0.15, 0.2) is 10.8 Å². The minimum absolute atomic E-state index is 0.130. The molecular weight excluding hydrogens is 236 g/mol. The summed E-state index contributed by atoms with van der Waals surface area (Å²) in [5.74, 6) is 2.17. The molecule has 19 heavy (non-hydrogen) atoms. The highest BCUT2D eigenvalue weighted by atomic mass is 15.0. The zero-order valence-electron chi connectivity index (χ0n) is 9.96. The van der Waals surface area contributed by atoms with Gasteiger partial charge in [0.25, 0.3) is 0 Å². The van der Waals surface area contributed by atoms with Crippen LogP contribution in [0.1, 0.15) is 6.42 Å². The smallest absolute Gasteiger partial charge is 0.185 e. The Balaban J connectivity index is 1.84. The van der Waals surface area contributed by atoms with Crippen molar-refractivity contribution in [3.05, 3.63) is 11.6 Å². The molecule has 0 heterocycles. The molecule has 2 bridgehead atoms. The molecule has 4 heteroatoms. The largest absolute Gasteiger partial charge is 0.196 e. The summed E-state index contributed by atoms with van der Waals surface area (Å²) in [5.41, 5.74) is -2.07. The van der Waals surface area contributed by atoms with Crippen LogP contribution in [-0.4, -0.2) is 0 Å². The Morgan fingerprint density at radius 1 is 1.00 bits per heavy atom. The molecule has 0 radical (unpaired) electrons. The Labute approximate surface area is 110 Å². The van der Waals surface area contributed by atoms with Crippen molar-refractivity contribution < 1.29 is 0 Å². The van der Waals surface area contributed by atoms with Crippen LogP contribution in [0.2, 0.25) is 0 Å². The average molecular weight is 244 g/mol. The van der Waals surface area contributed by atoms with Gasteiger partial charge in [-0.3, -0.25) is 0 Å². The van der Waals surface area contributed by atoms with Crippen LogP contribution in [0.25, 0.3) is 0 Å². The lowest BCUT2D eigenvalue weighted by molar-refractivity contribution is -0.125. The highest BCUT2D eigenvalue weighted by Gasteiger charge is 3.00. The number of nitriles is 4. The summed E-state index contributed by atoms with van der Waals surface area (Å²) in [6.45, 7) is 0. The number of rotatable bonds is 0. The normalized spacial score (nSPS) is 53.7. The molecule has 6 atom stereocenters. The molecule has 6 aliphatic carbocycles. The molecule has 0 aromatic heterocycles. The van der Waals surface area contributed by atoms with Crippen LogP contribution in [0.3, 0.4) is 0 Å². The maximum Gasteiger partial charge on any atom is 0.185 e. The van der Waals surface area contributed by atoms with E-state index in [2.05, 4.69) is 18.2 Å². The van der Waals surface area contributed by atoms with Crippen molar-refractivity contribution in [2.24, 2.45) is 45.8 Å². The van der Waals surface area contributed by atoms with Gasteiger partial charge < -0.3 is 0 Å². The molecule has 2 unspecified atom stereocenters. The van der Waals surface area contributed by atoms with Crippen molar-refractivity contribution >= 4 is 0 Å². The van der Waals surface area contributed by atoms with Gasteiger partial charge in [-0.25, -0.2) is 0 Å². The van der Waals surface area contributed by atoms with Crippen LogP contribution in [0.15, 0.2) is 11.6 Å². The van der Waals surface area contributed by atoms with E-state index in [0.717, 1.165) is 0 Å². The van der Waals surface area contributed by atoms with Gasteiger partial charge in [0, 0.05) is 11.3 Å². The molecule has 6 rings (SSSR count). The van der Waals surface area contributed by atoms with Gasteiger partial charge in [0.05, 0.1) is 24.3 Å². The monoisotopic (exact) mass is 244 g/mol. The molecule has 0 amide bonds. The van der Waals surface area contributed by atoms with E-state index in [9.17, 15) is 21.0 Å². The maximum absolute atomic E-state index is 9.67. The second-order valence-electron chi connectivity index (χ2n) is 6.53. The van der Waals surface area contributed by atoms with E-state index in [0.29, 0.717) is 30.1 Å². The number of hydrogen-bond donors (Lipinski definition) is 0. The first-order chi connectivity index (χ1) is 9.21. The maximum atomic E-state index is 9.67. The van der Waals surface area contributed by atoms with Crippen molar-refractivity contribution in [1.82, 2.24) is 0 Å². The van der Waals surface area contributed by atoms with Gasteiger partial charge >= 0.3 is 0 Å². The number of nitrogens with zero attached hydrogens (tertiary/aromatic N) is 4. The molecule has 0 N–H and O–H groups in total. The standard InChI is InChI=1S/C15H8N4/c16-3-13(4-17)8-2-1-7-9-10-11(9)12(10)15(7,8)14(13,5-18)6-19/h1,8-12H,2H2/t8-,9?,10-,11+,12?,15-/m1/s1. The summed E-state index contributed by atoms with van der Waals surface area (Å²) in [6.07, 6.45) is 2.82. The second kappa shape index (κ2) is 2.15. The van der Waals surface area contributed by atoms with Gasteiger partial charge in [0.1, 0.15) is 0 Å². The summed E-state index contributed by atoms with van der Waals surface area (Å²) in [6, 6.07) is 8.32. The average Bonchev–Trinajstić information content (AvgIpc) is 3.21. The van der Waals surface area contributed by atoms with E-state index in [1.54, 1.807) is 0 Å². The van der Waals surface area contributed by atoms with E-state index >= 15 is 0 Å². The Kier molecular flexibility index (Phi) is 1.09. The molecule has 0 aliphatic heterocycles. The third-order valence-corrected chi connectivity index (χ3v) is 6.73. The third kappa shape index (κ3) is 0.501. The molecule has 0 saturated heterocycles. The number of allylic oxidation sites excluding steroid dienone is 2. The van der Waals surface area contributed by atoms with Crippen molar-refractivity contribution in [2.75, 3.05) is 0 Å². The highest BCUT2D eigenvalue weighted by Crippen LogP contribution is 2.99. The number of hydrogen-bond acceptors (Lipinski definition) is 4. The third-order valence-electron chi connectivity index (χ3n) is 6.73. The van der Waals surface area contributed by atoms with Gasteiger partial charge in [-0.2, -0.15) is 21.0 Å². The minimum atomic E-state index is -1.45. The Morgan fingerprint density at radius 3 is 2.16 bits per heavy atom. The Morgan fingerprint density at radius 2 is 1.63 bits per heavy atom. The van der Waals surface area contributed by atoms with Gasteiger partial charge in [-0.05, 0) is 30.1 Å². The van der Waals surface area contributed by atoms with Crippen molar-refractivity contribution in [1.29, 1.82) is 21.0 Å². The van der Waals surface area contributed by atoms with E-state index in [4.69, 9.17) is 0 Å². The Hall–Kier alpha value is -2.30.